The van der Waals surface area contributed by atoms with Crippen LogP contribution < -0.4 is 0 Å². The van der Waals surface area contributed by atoms with Crippen molar-refractivity contribution in [2.45, 2.75) is 39.9 Å². The molecule has 0 N–H and O–H groups in total. The van der Waals surface area contributed by atoms with E-state index in [-0.39, 0.29) is 31.2 Å². The van der Waals surface area contributed by atoms with Crippen LogP contribution in [0.3, 0.4) is 0 Å². The first-order valence-corrected chi connectivity index (χ1v) is 16.8. The van der Waals surface area contributed by atoms with Gasteiger partial charge in [-0.05, 0) is 83.0 Å². The number of hydrogen-bond donors (Lipinski definition) is 0. The Morgan fingerprint density at radius 2 is 1.46 bits per heavy atom. The van der Waals surface area contributed by atoms with E-state index in [0.717, 1.165) is 44.1 Å². The predicted molar refractivity (Wildman–Crippen MR) is 207 cm³/mol. The second-order valence-corrected chi connectivity index (χ2v) is 12.6. The van der Waals surface area contributed by atoms with Crippen molar-refractivity contribution in [3.05, 3.63) is 162 Å². The number of benzene rings is 4. The van der Waals surface area contributed by atoms with Crippen LogP contribution in [0.5, 0.6) is 0 Å². The van der Waals surface area contributed by atoms with Gasteiger partial charge in [-0.3, -0.25) is 0 Å². The molecule has 4 aromatic carbocycles. The van der Waals surface area contributed by atoms with Crippen LogP contribution in [0, 0.1) is 25.0 Å². The smallest absolute Gasteiger partial charge is 0.121 e. The van der Waals surface area contributed by atoms with Gasteiger partial charge in [-0.25, -0.2) is 0 Å². The van der Waals surface area contributed by atoms with E-state index in [1.807, 2.05) is 103 Å². The zero-order valence-corrected chi connectivity index (χ0v) is 31.1. The predicted octanol–water partition coefficient (Wildman–Crippen LogP) is 11.9. The van der Waals surface area contributed by atoms with Crippen LogP contribution in [0.25, 0.3) is 66.4 Å². The zero-order chi connectivity index (χ0) is 40.1. The van der Waals surface area contributed by atoms with Gasteiger partial charge in [-0.1, -0.05) is 128 Å². The summed E-state index contributed by atoms with van der Waals surface area (Å²) in [5.41, 5.74) is 6.37. The number of para-hydroxylation sites is 2. The van der Waals surface area contributed by atoms with Crippen LogP contribution in [0.1, 0.15) is 57.3 Å². The molecule has 5 aromatic heterocycles. The minimum absolute atomic E-state index is 0. The van der Waals surface area contributed by atoms with Gasteiger partial charge in [0.15, 0.2) is 0 Å². The van der Waals surface area contributed by atoms with Crippen LogP contribution in [-0.4, -0.2) is 15.0 Å². The van der Waals surface area contributed by atoms with Crippen LogP contribution in [0.2, 0.25) is 0 Å². The molecule has 0 spiro atoms. The molecule has 1 unspecified atom stereocenters. The quantitative estimate of drug-likeness (QED) is 0.156. The molecule has 0 bridgehead atoms. The molecule has 0 aliphatic rings. The summed E-state index contributed by atoms with van der Waals surface area (Å²) in [6.07, 6.45) is 4.09. The maximum atomic E-state index is 9.29. The topological polar surface area (TPSA) is 65.0 Å². The van der Waals surface area contributed by atoms with Crippen molar-refractivity contribution in [3.8, 4) is 22.5 Å². The van der Waals surface area contributed by atoms with E-state index in [2.05, 4.69) is 33.3 Å². The van der Waals surface area contributed by atoms with Gasteiger partial charge in [0.25, 0.3) is 0 Å². The van der Waals surface area contributed by atoms with Gasteiger partial charge in [0.05, 0.1) is 11.2 Å². The summed E-state index contributed by atoms with van der Waals surface area (Å²) in [7, 11) is 0. The molecule has 1 radical (unpaired) electrons. The Balaban J connectivity index is 0.000000213. The molecule has 0 fully saturated rings. The van der Waals surface area contributed by atoms with Crippen LogP contribution in [-0.2, 0) is 26.5 Å². The zero-order valence-electron chi connectivity index (χ0n) is 34.7. The van der Waals surface area contributed by atoms with Crippen LogP contribution in [0.15, 0.2) is 136 Å². The molecule has 0 saturated carbocycles. The average molecular weight is 862 g/mol. The summed E-state index contributed by atoms with van der Waals surface area (Å²) in [5.74, 6) is -1.70. The summed E-state index contributed by atoms with van der Waals surface area (Å²) in [4.78, 5) is 13.4. The number of hydrogen-bond acceptors (Lipinski definition) is 5. The number of aryl methyl sites for hydroxylation is 1. The second-order valence-electron chi connectivity index (χ2n) is 12.6. The van der Waals surface area contributed by atoms with Crippen molar-refractivity contribution < 1.29 is 37.2 Å². The first-order chi connectivity index (χ1) is 27.3. The fraction of sp³-hybridized carbons (Fsp3) is 0.152. The largest absolute Gasteiger partial charge is 0.501 e. The standard InChI is InChI=1S/C29H27N2O.C17H10NO.Ir/c1-18(2)14-22-15-25(30-16-19(22)3)24-17-31-28(20(4)21-10-6-5-7-11-21)27-23-12-8-9-13-26(23)32-29(24)27;1-2-10-16-12(6-1)13-7-5-8-14(17(13)19-16)15-9-3-4-11-18-15;/h5-13,15-16,18,20H,14H2,1-4H3;1-7,9-11H;/q2*-1;/i3D3,14D2,20D;;. The van der Waals surface area contributed by atoms with E-state index in [9.17, 15) is 1.37 Å². The molecular weight excluding hydrogens is 819 g/mol. The summed E-state index contributed by atoms with van der Waals surface area (Å²) in [6.45, 7) is 2.66. The van der Waals surface area contributed by atoms with E-state index < -0.39 is 25.0 Å². The van der Waals surface area contributed by atoms with Gasteiger partial charge in [0.1, 0.15) is 11.2 Å². The van der Waals surface area contributed by atoms with E-state index in [1.54, 1.807) is 27.0 Å². The minimum atomic E-state index is -2.54. The maximum Gasteiger partial charge on any atom is 0.121 e. The molecule has 0 amide bonds. The summed E-state index contributed by atoms with van der Waals surface area (Å²) in [5, 5.41) is 3.66. The molecule has 52 heavy (non-hydrogen) atoms. The number of nitrogens with zero attached hydrogens (tertiary/aromatic N) is 3. The van der Waals surface area contributed by atoms with Gasteiger partial charge >= 0.3 is 0 Å². The van der Waals surface area contributed by atoms with Crippen molar-refractivity contribution in [1.82, 2.24) is 15.0 Å². The summed E-state index contributed by atoms with van der Waals surface area (Å²) < 4.78 is 62.8. The molecule has 6 heteroatoms. The molecule has 0 saturated heterocycles. The minimum Gasteiger partial charge on any atom is -0.501 e. The summed E-state index contributed by atoms with van der Waals surface area (Å²) >= 11 is 0. The normalized spacial score (nSPS) is 14.7. The van der Waals surface area contributed by atoms with Crippen molar-refractivity contribution in [2.24, 2.45) is 5.92 Å². The van der Waals surface area contributed by atoms with E-state index >= 15 is 0 Å². The third-order valence-corrected chi connectivity index (χ3v) is 8.76. The Kier molecular flexibility index (Phi) is 8.16. The molecule has 1 atom stereocenters. The number of furan rings is 2. The number of rotatable bonds is 6. The Bertz CT molecular complexity index is 2890. The second kappa shape index (κ2) is 15.1. The molecular formula is C46H37IrN3O2-2. The van der Waals surface area contributed by atoms with Gasteiger partial charge < -0.3 is 23.8 Å². The molecule has 5 nitrogen and oxygen atoms in total. The fourth-order valence-corrected chi connectivity index (χ4v) is 6.36. The Hall–Kier alpha value is -5.42. The van der Waals surface area contributed by atoms with Crippen molar-refractivity contribution in [2.75, 3.05) is 0 Å². The van der Waals surface area contributed by atoms with Crippen molar-refractivity contribution in [3.63, 3.8) is 0 Å². The SMILES string of the molecule is [2H]C([2H])([2H])c1cnc(-c2[c-]nc(C([2H])(C)c3ccccc3)c3c2oc2ccccc23)cc1C([2H])([2H])C(C)C.[Ir].[c-]1ccc2c(oc3ccccc32)c1-c1ccccn1. The Morgan fingerprint density at radius 1 is 0.750 bits per heavy atom. The molecule has 0 aliphatic carbocycles. The number of pyridine rings is 3. The first kappa shape index (κ1) is 28.2. The monoisotopic (exact) mass is 862 g/mol. The van der Waals surface area contributed by atoms with Crippen LogP contribution >= 0.6 is 0 Å². The molecule has 5 heterocycles. The van der Waals surface area contributed by atoms with Crippen LogP contribution in [0.4, 0.5) is 0 Å². The van der Waals surface area contributed by atoms with Gasteiger partial charge in [-0.2, -0.15) is 0 Å². The maximum absolute atomic E-state index is 9.29. The Labute approximate surface area is 325 Å². The van der Waals surface area contributed by atoms with E-state index in [1.165, 1.54) is 12.3 Å². The Morgan fingerprint density at radius 3 is 2.21 bits per heavy atom. The average Bonchev–Trinajstić information content (AvgIpc) is 3.80. The first-order valence-electron chi connectivity index (χ1n) is 19.8. The van der Waals surface area contributed by atoms with E-state index in [0.29, 0.717) is 33.5 Å². The molecule has 9 rings (SSSR count). The third kappa shape index (κ3) is 6.68. The third-order valence-electron chi connectivity index (χ3n) is 8.76. The number of aromatic nitrogens is 3. The van der Waals surface area contributed by atoms with Gasteiger partial charge in [-0.15, -0.1) is 18.2 Å². The molecule has 259 valence electrons. The fourth-order valence-electron chi connectivity index (χ4n) is 6.36. The summed E-state index contributed by atoms with van der Waals surface area (Å²) in [6, 6.07) is 39.5. The van der Waals surface area contributed by atoms with E-state index in [4.69, 9.17) is 15.7 Å². The molecule has 0 aliphatic heterocycles. The van der Waals surface area contributed by atoms with Crippen molar-refractivity contribution in [1.29, 1.82) is 0 Å². The molecule has 9 aromatic rings. The van der Waals surface area contributed by atoms with Crippen molar-refractivity contribution >= 4 is 43.9 Å². The van der Waals surface area contributed by atoms with Gasteiger partial charge in [0, 0.05) is 51.5 Å². The van der Waals surface area contributed by atoms with Gasteiger partial charge in [0.2, 0.25) is 0 Å². The number of fused-ring (bicyclic) bond motifs is 6.